The maximum absolute atomic E-state index is 12.9. The molecule has 2 N–H and O–H groups in total. The van der Waals surface area contributed by atoms with E-state index in [0.717, 1.165) is 9.60 Å². The first-order valence-corrected chi connectivity index (χ1v) is 9.02. The van der Waals surface area contributed by atoms with Gasteiger partial charge in [-0.3, -0.25) is 14.4 Å². The number of carbonyl (C=O) groups excluding carboxylic acids is 3. The van der Waals surface area contributed by atoms with Crippen molar-refractivity contribution in [2.45, 2.75) is 5.92 Å². The van der Waals surface area contributed by atoms with Gasteiger partial charge in [0.2, 0.25) is 5.78 Å². The zero-order valence-electron chi connectivity index (χ0n) is 13.6. The molecule has 134 valence electrons. The first-order valence-electron chi connectivity index (χ1n) is 7.82. The molecule has 9 heteroatoms. The lowest BCUT2D eigenvalue weighted by atomic mass is 9.92. The molecule has 27 heavy (non-hydrogen) atoms. The Kier molecular flexibility index (Phi) is 4.21. The van der Waals surface area contributed by atoms with Gasteiger partial charge in [-0.1, -0.05) is 23.7 Å². The molecule has 1 unspecified atom stereocenters. The van der Waals surface area contributed by atoms with Crippen LogP contribution in [0, 0.1) is 0 Å². The zero-order chi connectivity index (χ0) is 19.1. The molecule has 1 saturated heterocycles. The fourth-order valence-electron chi connectivity index (χ4n) is 2.89. The lowest BCUT2D eigenvalue weighted by Gasteiger charge is -2.28. The van der Waals surface area contributed by atoms with Crippen LogP contribution in [-0.2, 0) is 14.4 Å². The van der Waals surface area contributed by atoms with Crippen molar-refractivity contribution in [2.24, 2.45) is 10.9 Å². The summed E-state index contributed by atoms with van der Waals surface area (Å²) < 4.78 is 0.830. The number of para-hydroxylation sites is 1. The van der Waals surface area contributed by atoms with Gasteiger partial charge < -0.3 is 5.84 Å². The Balaban J connectivity index is 1.80. The maximum atomic E-state index is 12.9. The standard InChI is InChI=1S/C18H11ClN4O3S/c19-9-5-7-10(8-6-9)23-17(25)14(22-20)13(15(24)18(23)26)16-21-11-3-1-2-4-12(11)27-16/h1-8,13H,20H2/b22-14+. The van der Waals surface area contributed by atoms with Crippen molar-refractivity contribution in [3.05, 3.63) is 58.6 Å². The number of amides is 2. The number of halogens is 1. The molecule has 0 aliphatic carbocycles. The summed E-state index contributed by atoms with van der Waals surface area (Å²) in [6.07, 6.45) is 0. The first kappa shape index (κ1) is 17.3. The minimum Gasteiger partial charge on any atom is -0.323 e. The van der Waals surface area contributed by atoms with Crippen LogP contribution in [0.3, 0.4) is 0 Å². The number of hydrogen-bond acceptors (Lipinski definition) is 7. The Labute approximate surface area is 162 Å². The van der Waals surface area contributed by atoms with Crippen LogP contribution in [0.4, 0.5) is 5.69 Å². The number of benzene rings is 2. The van der Waals surface area contributed by atoms with Gasteiger partial charge in [-0.2, -0.15) is 5.10 Å². The van der Waals surface area contributed by atoms with Crippen LogP contribution in [-0.4, -0.2) is 28.3 Å². The number of hydrogen-bond donors (Lipinski definition) is 1. The minimum absolute atomic E-state index is 0.214. The Bertz CT molecular complexity index is 1090. The van der Waals surface area contributed by atoms with Crippen molar-refractivity contribution < 1.29 is 14.4 Å². The summed E-state index contributed by atoms with van der Waals surface area (Å²) in [6, 6.07) is 13.2. The number of hydrazone groups is 1. The number of Topliss-reactive ketones (excluding diaryl/α,β-unsaturated/α-hetero) is 1. The van der Waals surface area contributed by atoms with Gasteiger partial charge in [0.15, 0.2) is 0 Å². The van der Waals surface area contributed by atoms with E-state index in [-0.39, 0.29) is 11.4 Å². The smallest absolute Gasteiger partial charge is 0.302 e. The van der Waals surface area contributed by atoms with Crippen molar-refractivity contribution in [3.63, 3.8) is 0 Å². The number of thiazole rings is 1. The third kappa shape index (κ3) is 2.79. The van der Waals surface area contributed by atoms with Gasteiger partial charge in [0, 0.05) is 5.02 Å². The molecule has 3 aromatic rings. The quantitative estimate of drug-likeness (QED) is 0.309. The summed E-state index contributed by atoms with van der Waals surface area (Å²) in [6.45, 7) is 0. The van der Waals surface area contributed by atoms with Crippen LogP contribution >= 0.6 is 22.9 Å². The number of nitrogens with two attached hydrogens (primary N) is 1. The first-order chi connectivity index (χ1) is 13.0. The Morgan fingerprint density at radius 3 is 2.41 bits per heavy atom. The topological polar surface area (TPSA) is 106 Å². The Hall–Kier alpha value is -3.10. The van der Waals surface area contributed by atoms with Gasteiger partial charge in [-0.15, -0.1) is 11.3 Å². The van der Waals surface area contributed by atoms with Crippen molar-refractivity contribution in [3.8, 4) is 0 Å². The third-order valence-corrected chi connectivity index (χ3v) is 5.51. The molecule has 7 nitrogen and oxygen atoms in total. The van der Waals surface area contributed by atoms with Crippen LogP contribution in [0.2, 0.25) is 5.02 Å². The second-order valence-electron chi connectivity index (χ2n) is 5.75. The van der Waals surface area contributed by atoms with E-state index < -0.39 is 23.5 Å². The molecule has 0 spiro atoms. The molecule has 0 bridgehead atoms. The fourth-order valence-corrected chi connectivity index (χ4v) is 4.08. The van der Waals surface area contributed by atoms with E-state index in [1.807, 2.05) is 18.2 Å². The second kappa shape index (κ2) is 6.57. The van der Waals surface area contributed by atoms with Crippen molar-refractivity contribution in [2.75, 3.05) is 4.90 Å². The van der Waals surface area contributed by atoms with E-state index in [4.69, 9.17) is 17.4 Å². The monoisotopic (exact) mass is 398 g/mol. The molecular formula is C18H11ClN4O3S. The summed E-state index contributed by atoms with van der Waals surface area (Å²) in [5.41, 5.74) is 0.655. The number of rotatable bonds is 2. The van der Waals surface area contributed by atoms with E-state index in [9.17, 15) is 14.4 Å². The molecule has 2 heterocycles. The van der Waals surface area contributed by atoms with Gasteiger partial charge in [0.25, 0.3) is 5.91 Å². The van der Waals surface area contributed by atoms with E-state index in [1.54, 1.807) is 6.07 Å². The number of fused-ring (bicyclic) bond motifs is 1. The highest BCUT2D eigenvalue weighted by Crippen LogP contribution is 2.33. The summed E-state index contributed by atoms with van der Waals surface area (Å²) >= 11 is 7.06. The van der Waals surface area contributed by atoms with E-state index >= 15 is 0 Å². The normalized spacial score (nSPS) is 19.3. The predicted molar refractivity (Wildman–Crippen MR) is 103 cm³/mol. The molecule has 0 radical (unpaired) electrons. The lowest BCUT2D eigenvalue weighted by molar-refractivity contribution is -0.139. The zero-order valence-corrected chi connectivity index (χ0v) is 15.2. The van der Waals surface area contributed by atoms with E-state index in [1.165, 1.54) is 35.6 Å². The number of anilines is 1. The largest absolute Gasteiger partial charge is 0.323 e. The molecule has 4 rings (SSSR count). The number of nitrogens with zero attached hydrogens (tertiary/aromatic N) is 3. The summed E-state index contributed by atoms with van der Waals surface area (Å²) in [7, 11) is 0. The average Bonchev–Trinajstić information content (AvgIpc) is 3.09. The molecule has 1 atom stereocenters. The number of ketones is 1. The molecule has 1 aromatic heterocycles. The van der Waals surface area contributed by atoms with Crippen LogP contribution in [0.25, 0.3) is 10.2 Å². The molecule has 1 aliphatic rings. The van der Waals surface area contributed by atoms with Gasteiger partial charge in [0.05, 0.1) is 15.9 Å². The second-order valence-corrected chi connectivity index (χ2v) is 7.25. The molecule has 2 aromatic carbocycles. The summed E-state index contributed by atoms with van der Waals surface area (Å²) in [5, 5.41) is 4.27. The fraction of sp³-hybridized carbons (Fsp3) is 0.0556. The minimum atomic E-state index is -1.21. The van der Waals surface area contributed by atoms with Gasteiger partial charge >= 0.3 is 5.91 Å². The van der Waals surface area contributed by atoms with Crippen molar-refractivity contribution in [1.82, 2.24) is 4.98 Å². The lowest BCUT2D eigenvalue weighted by Crippen LogP contribution is -2.55. The van der Waals surface area contributed by atoms with Crippen LogP contribution < -0.4 is 10.7 Å². The van der Waals surface area contributed by atoms with E-state index in [0.29, 0.717) is 15.5 Å². The molecule has 2 amide bonds. The van der Waals surface area contributed by atoms with Crippen molar-refractivity contribution >= 4 is 62.2 Å². The summed E-state index contributed by atoms with van der Waals surface area (Å²) in [5.74, 6) is 1.68. The highest BCUT2D eigenvalue weighted by atomic mass is 35.5. The highest BCUT2D eigenvalue weighted by molar-refractivity contribution is 7.19. The Morgan fingerprint density at radius 1 is 1.04 bits per heavy atom. The molecule has 1 aliphatic heterocycles. The molecule has 0 saturated carbocycles. The van der Waals surface area contributed by atoms with Crippen LogP contribution in [0.1, 0.15) is 10.9 Å². The van der Waals surface area contributed by atoms with Crippen LogP contribution in [0.5, 0.6) is 0 Å². The third-order valence-electron chi connectivity index (χ3n) is 4.15. The maximum Gasteiger partial charge on any atom is 0.302 e. The molecular weight excluding hydrogens is 388 g/mol. The SMILES string of the molecule is N/N=C1/C(=O)N(c2ccc(Cl)cc2)C(=O)C(=O)C1c1nc2ccccc2s1. The van der Waals surface area contributed by atoms with Gasteiger partial charge in [0.1, 0.15) is 16.6 Å². The average molecular weight is 399 g/mol. The number of imide groups is 1. The van der Waals surface area contributed by atoms with Gasteiger partial charge in [-0.25, -0.2) is 9.88 Å². The number of carbonyl (C=O) groups is 3. The van der Waals surface area contributed by atoms with E-state index in [2.05, 4.69) is 10.1 Å². The number of aromatic nitrogens is 1. The number of piperidine rings is 1. The highest BCUT2D eigenvalue weighted by Gasteiger charge is 2.48. The summed E-state index contributed by atoms with van der Waals surface area (Å²) in [4.78, 5) is 43.5. The molecule has 1 fully saturated rings. The predicted octanol–water partition coefficient (Wildman–Crippen LogP) is 2.49. The van der Waals surface area contributed by atoms with Crippen molar-refractivity contribution in [1.29, 1.82) is 0 Å². The van der Waals surface area contributed by atoms with Crippen LogP contribution in [0.15, 0.2) is 53.6 Å². The Morgan fingerprint density at radius 2 is 1.74 bits per heavy atom. The van der Waals surface area contributed by atoms with Gasteiger partial charge in [-0.05, 0) is 36.4 Å².